The third-order valence-corrected chi connectivity index (χ3v) is 5.43. The highest BCUT2D eigenvalue weighted by molar-refractivity contribution is 7.10. The van der Waals surface area contributed by atoms with Crippen LogP contribution < -0.4 is 5.32 Å². The van der Waals surface area contributed by atoms with E-state index in [0.29, 0.717) is 0 Å². The summed E-state index contributed by atoms with van der Waals surface area (Å²) in [5.74, 6) is 0.0157. The zero-order chi connectivity index (χ0) is 17.1. The highest BCUT2D eigenvalue weighted by atomic mass is 32.1. The number of hydrogen-bond acceptors (Lipinski definition) is 3. The highest BCUT2D eigenvalue weighted by Crippen LogP contribution is 2.20. The molecule has 0 spiro atoms. The predicted molar refractivity (Wildman–Crippen MR) is 103 cm³/mol. The molecule has 0 aliphatic carbocycles. The lowest BCUT2D eigenvalue weighted by molar-refractivity contribution is -0.120. The van der Waals surface area contributed by atoms with Crippen molar-refractivity contribution in [3.05, 3.63) is 64.4 Å². The molecule has 3 nitrogen and oxygen atoms in total. The van der Waals surface area contributed by atoms with Crippen LogP contribution in [-0.2, 0) is 11.3 Å². The van der Waals surface area contributed by atoms with Crippen molar-refractivity contribution in [2.75, 3.05) is 12.4 Å². The fourth-order valence-corrected chi connectivity index (χ4v) is 3.61. The Balaban J connectivity index is 1.67. The summed E-state index contributed by atoms with van der Waals surface area (Å²) in [5.41, 5.74) is 2.13. The smallest absolute Gasteiger partial charge is 0.241 e. The number of hydrogen-bond donors (Lipinski definition) is 1. The molecule has 0 radical (unpaired) electrons. The normalized spacial score (nSPS) is 12.5. The number of amides is 1. The molecule has 0 aliphatic rings. The van der Waals surface area contributed by atoms with Gasteiger partial charge in [-0.3, -0.25) is 9.69 Å². The largest absolute Gasteiger partial charge is 0.325 e. The van der Waals surface area contributed by atoms with Crippen LogP contribution in [0, 0.1) is 6.92 Å². The molecule has 0 saturated heterocycles. The molecular formula is C20H22N2OS. The van der Waals surface area contributed by atoms with E-state index in [1.54, 1.807) is 11.3 Å². The molecule has 3 aromatic rings. The Bertz CT molecular complexity index is 855. The zero-order valence-corrected chi connectivity index (χ0v) is 15.1. The maximum Gasteiger partial charge on any atom is 0.241 e. The molecule has 0 fully saturated rings. The molecule has 0 aliphatic heterocycles. The number of anilines is 1. The van der Waals surface area contributed by atoms with Crippen molar-refractivity contribution in [3.63, 3.8) is 0 Å². The molecule has 1 amide bonds. The molecule has 1 aromatic heterocycles. The van der Waals surface area contributed by atoms with Crippen molar-refractivity contribution >= 4 is 33.7 Å². The number of aryl methyl sites for hydroxylation is 1. The van der Waals surface area contributed by atoms with E-state index in [2.05, 4.69) is 40.7 Å². The van der Waals surface area contributed by atoms with E-state index in [9.17, 15) is 4.79 Å². The highest BCUT2D eigenvalue weighted by Gasteiger charge is 2.19. The lowest BCUT2D eigenvalue weighted by Crippen LogP contribution is -2.39. The Morgan fingerprint density at radius 3 is 2.62 bits per heavy atom. The molecule has 0 bridgehead atoms. The Morgan fingerprint density at radius 2 is 1.92 bits per heavy atom. The minimum Gasteiger partial charge on any atom is -0.325 e. The summed E-state index contributed by atoms with van der Waals surface area (Å²) in [6.45, 7) is 4.84. The first-order valence-electron chi connectivity index (χ1n) is 8.07. The molecule has 0 unspecified atom stereocenters. The monoisotopic (exact) mass is 338 g/mol. The first kappa shape index (κ1) is 16.7. The van der Waals surface area contributed by atoms with Crippen molar-refractivity contribution in [3.8, 4) is 0 Å². The summed E-state index contributed by atoms with van der Waals surface area (Å²) in [6, 6.07) is 16.1. The van der Waals surface area contributed by atoms with Gasteiger partial charge < -0.3 is 5.32 Å². The molecule has 1 N–H and O–H groups in total. The van der Waals surface area contributed by atoms with E-state index in [0.717, 1.165) is 17.6 Å². The fraction of sp³-hybridized carbons (Fsp3) is 0.250. The topological polar surface area (TPSA) is 32.3 Å². The van der Waals surface area contributed by atoms with Gasteiger partial charge in [-0.15, -0.1) is 11.3 Å². The second-order valence-corrected chi connectivity index (χ2v) is 7.17. The summed E-state index contributed by atoms with van der Waals surface area (Å²) in [4.78, 5) is 15.9. The number of fused-ring (bicyclic) bond motifs is 1. The minimum atomic E-state index is -0.196. The van der Waals surface area contributed by atoms with Crippen molar-refractivity contribution in [1.29, 1.82) is 0 Å². The fourth-order valence-electron chi connectivity index (χ4n) is 2.64. The third kappa shape index (κ3) is 3.66. The van der Waals surface area contributed by atoms with Crippen LogP contribution in [0.15, 0.2) is 53.9 Å². The Kier molecular flexibility index (Phi) is 4.97. The van der Waals surface area contributed by atoms with Gasteiger partial charge in [0, 0.05) is 17.1 Å². The lowest BCUT2D eigenvalue weighted by atomic mass is 10.1. The predicted octanol–water partition coefficient (Wildman–Crippen LogP) is 4.67. The van der Waals surface area contributed by atoms with Crippen molar-refractivity contribution < 1.29 is 4.79 Å². The number of nitrogens with zero attached hydrogens (tertiary/aromatic N) is 1. The average Bonchev–Trinajstić information content (AvgIpc) is 2.98. The second-order valence-electron chi connectivity index (χ2n) is 6.17. The first-order chi connectivity index (χ1) is 11.5. The van der Waals surface area contributed by atoms with Crippen LogP contribution in [0.25, 0.3) is 10.8 Å². The molecular weight excluding hydrogens is 316 g/mol. The summed E-state index contributed by atoms with van der Waals surface area (Å²) in [5, 5.41) is 7.43. The van der Waals surface area contributed by atoms with E-state index >= 15 is 0 Å². The van der Waals surface area contributed by atoms with Crippen LogP contribution in [0.5, 0.6) is 0 Å². The number of rotatable bonds is 5. The van der Waals surface area contributed by atoms with E-state index in [-0.39, 0.29) is 11.9 Å². The first-order valence-corrected chi connectivity index (χ1v) is 8.95. The summed E-state index contributed by atoms with van der Waals surface area (Å²) in [6.07, 6.45) is 0. The van der Waals surface area contributed by atoms with Gasteiger partial charge in [-0.05, 0) is 60.8 Å². The maximum absolute atomic E-state index is 12.6. The van der Waals surface area contributed by atoms with Crippen molar-refractivity contribution in [2.45, 2.75) is 26.4 Å². The summed E-state index contributed by atoms with van der Waals surface area (Å²) >= 11 is 1.74. The van der Waals surface area contributed by atoms with Crippen molar-refractivity contribution in [2.24, 2.45) is 0 Å². The minimum absolute atomic E-state index is 0.0157. The van der Waals surface area contributed by atoms with Crippen LogP contribution in [0.3, 0.4) is 0 Å². The average molecular weight is 338 g/mol. The van der Waals surface area contributed by atoms with Gasteiger partial charge in [0.15, 0.2) is 0 Å². The van der Waals surface area contributed by atoms with E-state index in [1.165, 1.54) is 15.8 Å². The number of carbonyl (C=O) groups excluding carboxylic acids is 1. The van der Waals surface area contributed by atoms with Crippen LogP contribution >= 0.6 is 11.3 Å². The van der Waals surface area contributed by atoms with Gasteiger partial charge in [-0.2, -0.15) is 0 Å². The van der Waals surface area contributed by atoms with E-state index in [4.69, 9.17) is 0 Å². The molecule has 0 saturated carbocycles. The van der Waals surface area contributed by atoms with Crippen LogP contribution in [0.1, 0.15) is 17.4 Å². The molecule has 2 aromatic carbocycles. The Morgan fingerprint density at radius 1 is 1.17 bits per heavy atom. The second kappa shape index (κ2) is 7.16. The quantitative estimate of drug-likeness (QED) is 0.733. The molecule has 124 valence electrons. The maximum atomic E-state index is 12.6. The SMILES string of the molecule is Cc1ccsc1CN(C)[C@H](C)C(=O)Nc1ccc2ccccc2c1. The van der Waals surface area contributed by atoms with Gasteiger partial charge in [-0.1, -0.05) is 30.3 Å². The van der Waals surface area contributed by atoms with E-state index < -0.39 is 0 Å². The van der Waals surface area contributed by atoms with Gasteiger partial charge in [0.2, 0.25) is 5.91 Å². The molecule has 4 heteroatoms. The lowest BCUT2D eigenvalue weighted by Gasteiger charge is -2.23. The van der Waals surface area contributed by atoms with Crippen molar-refractivity contribution in [1.82, 2.24) is 4.90 Å². The van der Waals surface area contributed by atoms with Crippen LogP contribution in [0.4, 0.5) is 5.69 Å². The van der Waals surface area contributed by atoms with Crippen LogP contribution in [-0.4, -0.2) is 23.9 Å². The molecule has 1 heterocycles. The van der Waals surface area contributed by atoms with Crippen LogP contribution in [0.2, 0.25) is 0 Å². The number of likely N-dealkylation sites (N-methyl/N-ethyl adjacent to an activating group) is 1. The summed E-state index contributed by atoms with van der Waals surface area (Å²) in [7, 11) is 1.99. The third-order valence-electron chi connectivity index (χ3n) is 4.42. The van der Waals surface area contributed by atoms with E-state index in [1.807, 2.05) is 44.3 Å². The van der Waals surface area contributed by atoms with Gasteiger partial charge in [0.05, 0.1) is 6.04 Å². The number of benzene rings is 2. The van der Waals surface area contributed by atoms with Gasteiger partial charge in [0.1, 0.15) is 0 Å². The standard InChI is InChI=1S/C20H22N2OS/c1-14-10-11-24-19(14)13-22(3)15(2)20(23)21-18-9-8-16-6-4-5-7-17(16)12-18/h4-12,15H,13H2,1-3H3,(H,21,23)/t15-/m1/s1. The van der Waals surface area contributed by atoms with Gasteiger partial charge in [0.25, 0.3) is 0 Å². The molecule has 1 atom stereocenters. The number of carbonyl (C=O) groups is 1. The molecule has 24 heavy (non-hydrogen) atoms. The Labute approximate surface area is 146 Å². The van der Waals surface area contributed by atoms with Gasteiger partial charge in [-0.25, -0.2) is 0 Å². The number of nitrogens with one attached hydrogen (secondary N) is 1. The zero-order valence-electron chi connectivity index (χ0n) is 14.2. The summed E-state index contributed by atoms with van der Waals surface area (Å²) < 4.78 is 0. The molecule has 3 rings (SSSR count). The Hall–Kier alpha value is -2.17. The number of thiophene rings is 1. The van der Waals surface area contributed by atoms with Gasteiger partial charge >= 0.3 is 0 Å².